The monoisotopic (exact) mass is 314 g/mol. The second-order valence-electron chi connectivity index (χ2n) is 5.54. The number of hydrogen-bond donors (Lipinski definition) is 1. The van der Waals surface area contributed by atoms with Gasteiger partial charge in [0, 0.05) is 11.1 Å². The zero-order chi connectivity index (χ0) is 16.1. The highest BCUT2D eigenvalue weighted by Gasteiger charge is 2.24. The van der Waals surface area contributed by atoms with Crippen LogP contribution in [-0.4, -0.2) is 12.4 Å². The number of nitrogens with two attached hydrogens (primary N) is 1. The lowest BCUT2D eigenvalue weighted by Crippen LogP contribution is -2.15. The molecule has 0 aliphatic heterocycles. The fourth-order valence-electron chi connectivity index (χ4n) is 2.72. The molecule has 0 aliphatic rings. The molecule has 5 heteroatoms. The third-order valence-corrected chi connectivity index (χ3v) is 5.89. The average Bonchev–Trinajstić information content (AvgIpc) is 2.74. The highest BCUT2D eigenvalue weighted by molar-refractivity contribution is 7.90. The van der Waals surface area contributed by atoms with Crippen LogP contribution < -0.4 is 5.73 Å². The smallest absolute Gasteiger partial charge is 0.268 e. The van der Waals surface area contributed by atoms with E-state index in [0.717, 1.165) is 16.5 Å². The maximum atomic E-state index is 13.1. The second-order valence-corrected chi connectivity index (χ2v) is 7.32. The van der Waals surface area contributed by atoms with Crippen LogP contribution in [0.2, 0.25) is 0 Å². The highest BCUT2D eigenvalue weighted by Crippen LogP contribution is 2.32. The summed E-state index contributed by atoms with van der Waals surface area (Å²) in [7, 11) is -3.68. The number of fused-ring (bicyclic) bond motifs is 1. The minimum Gasteiger partial charge on any atom is -0.397 e. The molecule has 4 nitrogen and oxygen atoms in total. The molecule has 2 N–H and O–H groups in total. The Hall–Kier alpha value is -2.27. The number of aromatic nitrogens is 1. The predicted octanol–water partition coefficient (Wildman–Crippen LogP) is 3.39. The van der Waals surface area contributed by atoms with E-state index in [2.05, 4.69) is 0 Å². The number of hydrogen-bond acceptors (Lipinski definition) is 3. The lowest BCUT2D eigenvalue weighted by molar-refractivity contribution is 0.588. The van der Waals surface area contributed by atoms with Crippen molar-refractivity contribution >= 4 is 26.6 Å². The van der Waals surface area contributed by atoms with Gasteiger partial charge in [-0.2, -0.15) is 0 Å². The summed E-state index contributed by atoms with van der Waals surface area (Å²) in [5.41, 5.74) is 9.70. The van der Waals surface area contributed by atoms with Crippen molar-refractivity contribution in [3.05, 3.63) is 59.3 Å². The van der Waals surface area contributed by atoms with Gasteiger partial charge in [-0.05, 0) is 44.5 Å². The van der Waals surface area contributed by atoms with Crippen molar-refractivity contribution in [1.29, 1.82) is 0 Å². The van der Waals surface area contributed by atoms with Crippen molar-refractivity contribution in [2.24, 2.45) is 0 Å². The van der Waals surface area contributed by atoms with Crippen molar-refractivity contribution in [3.8, 4) is 0 Å². The summed E-state index contributed by atoms with van der Waals surface area (Å²) in [6, 6.07) is 12.3. The van der Waals surface area contributed by atoms with E-state index < -0.39 is 10.0 Å². The van der Waals surface area contributed by atoms with Crippen molar-refractivity contribution in [2.75, 3.05) is 5.73 Å². The van der Waals surface area contributed by atoms with Crippen LogP contribution in [0.1, 0.15) is 16.8 Å². The van der Waals surface area contributed by atoms with Gasteiger partial charge in [0.1, 0.15) is 0 Å². The van der Waals surface area contributed by atoms with Gasteiger partial charge in [-0.15, -0.1) is 0 Å². The van der Waals surface area contributed by atoms with Crippen LogP contribution >= 0.6 is 0 Å². The Morgan fingerprint density at radius 2 is 1.59 bits per heavy atom. The molecule has 2 aromatic carbocycles. The zero-order valence-corrected chi connectivity index (χ0v) is 13.6. The number of benzene rings is 2. The Bertz CT molecular complexity index is 968. The fraction of sp³-hybridized carbons (Fsp3) is 0.176. The molecular formula is C17H18N2O2S. The Balaban J connectivity index is 2.39. The molecule has 1 aromatic heterocycles. The molecule has 3 aromatic rings. The Kier molecular flexibility index (Phi) is 3.25. The van der Waals surface area contributed by atoms with Crippen molar-refractivity contribution in [1.82, 2.24) is 3.97 Å². The van der Waals surface area contributed by atoms with Crippen LogP contribution in [0.5, 0.6) is 0 Å². The summed E-state index contributed by atoms with van der Waals surface area (Å²) in [5.74, 6) is 0. The molecule has 0 spiro atoms. The third kappa shape index (κ3) is 2.01. The molecule has 0 saturated carbocycles. The molecule has 22 heavy (non-hydrogen) atoms. The SMILES string of the molecule is Cc1ccc(S(=O)(=O)n2c(C)c(C)c3cccc(N)c32)cc1. The second kappa shape index (κ2) is 4.88. The van der Waals surface area contributed by atoms with E-state index >= 15 is 0 Å². The van der Waals surface area contributed by atoms with Gasteiger partial charge in [-0.1, -0.05) is 29.8 Å². The van der Waals surface area contributed by atoms with Crippen LogP contribution in [0.25, 0.3) is 10.9 Å². The van der Waals surface area contributed by atoms with Gasteiger partial charge in [0.05, 0.1) is 16.1 Å². The predicted molar refractivity (Wildman–Crippen MR) is 89.6 cm³/mol. The normalized spacial score (nSPS) is 12.0. The molecule has 0 bridgehead atoms. The maximum Gasteiger partial charge on any atom is 0.268 e. The summed E-state index contributed by atoms with van der Waals surface area (Å²) < 4.78 is 27.5. The molecule has 0 fully saturated rings. The Labute approximate surface area is 130 Å². The quantitative estimate of drug-likeness (QED) is 0.737. The number of nitrogens with zero attached hydrogens (tertiary/aromatic N) is 1. The fourth-order valence-corrected chi connectivity index (χ4v) is 4.35. The molecule has 3 rings (SSSR count). The van der Waals surface area contributed by atoms with Crippen LogP contribution in [0.15, 0.2) is 47.4 Å². The Morgan fingerprint density at radius 1 is 0.955 bits per heavy atom. The molecule has 0 unspecified atom stereocenters. The van der Waals surface area contributed by atoms with Crippen molar-refractivity contribution in [3.63, 3.8) is 0 Å². The van der Waals surface area contributed by atoms with E-state index in [-0.39, 0.29) is 4.90 Å². The van der Waals surface area contributed by atoms with E-state index in [9.17, 15) is 8.42 Å². The molecule has 1 heterocycles. The zero-order valence-electron chi connectivity index (χ0n) is 12.8. The maximum absolute atomic E-state index is 13.1. The standard InChI is InChI=1S/C17H18N2O2S/c1-11-7-9-14(10-8-11)22(20,21)19-13(3)12(2)15-5-4-6-16(18)17(15)19/h4-10H,18H2,1-3H3. The summed E-state index contributed by atoms with van der Waals surface area (Å²) in [6.07, 6.45) is 0. The summed E-state index contributed by atoms with van der Waals surface area (Å²) in [5, 5.41) is 0.869. The molecule has 114 valence electrons. The average molecular weight is 314 g/mol. The molecule has 0 atom stereocenters. The lowest BCUT2D eigenvalue weighted by atomic mass is 10.1. The van der Waals surface area contributed by atoms with Crippen LogP contribution in [0.4, 0.5) is 5.69 Å². The first-order chi connectivity index (χ1) is 10.3. The van der Waals surface area contributed by atoms with E-state index in [1.54, 1.807) is 37.3 Å². The largest absolute Gasteiger partial charge is 0.397 e. The van der Waals surface area contributed by atoms with Gasteiger partial charge in [-0.25, -0.2) is 12.4 Å². The first-order valence-electron chi connectivity index (χ1n) is 7.02. The third-order valence-electron chi connectivity index (χ3n) is 4.08. The summed E-state index contributed by atoms with van der Waals surface area (Å²) >= 11 is 0. The van der Waals surface area contributed by atoms with Crippen LogP contribution in [0, 0.1) is 20.8 Å². The topological polar surface area (TPSA) is 65.1 Å². The van der Waals surface area contributed by atoms with Crippen molar-refractivity contribution < 1.29 is 8.42 Å². The molecule has 0 saturated heterocycles. The molecule has 0 aliphatic carbocycles. The lowest BCUT2D eigenvalue weighted by Gasteiger charge is -2.11. The first kappa shape index (κ1) is 14.7. The van der Waals surface area contributed by atoms with E-state index in [1.165, 1.54) is 3.97 Å². The van der Waals surface area contributed by atoms with Gasteiger partial charge in [0.25, 0.3) is 10.0 Å². The van der Waals surface area contributed by atoms with Crippen LogP contribution in [0.3, 0.4) is 0 Å². The van der Waals surface area contributed by atoms with Gasteiger partial charge >= 0.3 is 0 Å². The summed E-state index contributed by atoms with van der Waals surface area (Å²) in [6.45, 7) is 5.65. The van der Waals surface area contributed by atoms with E-state index in [4.69, 9.17) is 5.73 Å². The van der Waals surface area contributed by atoms with Crippen LogP contribution in [-0.2, 0) is 10.0 Å². The summed E-state index contributed by atoms with van der Waals surface area (Å²) in [4.78, 5) is 0.265. The van der Waals surface area contributed by atoms with Gasteiger partial charge in [0.2, 0.25) is 0 Å². The minimum atomic E-state index is -3.68. The van der Waals surface area contributed by atoms with Gasteiger partial charge in [0.15, 0.2) is 0 Å². The number of aryl methyl sites for hydroxylation is 2. The molecular weight excluding hydrogens is 296 g/mol. The molecule has 0 amide bonds. The molecule has 0 radical (unpaired) electrons. The number of para-hydroxylation sites is 1. The number of anilines is 1. The van der Waals surface area contributed by atoms with Gasteiger partial charge < -0.3 is 5.73 Å². The van der Waals surface area contributed by atoms with E-state index in [0.29, 0.717) is 16.9 Å². The minimum absolute atomic E-state index is 0.265. The van der Waals surface area contributed by atoms with Crippen molar-refractivity contribution in [2.45, 2.75) is 25.7 Å². The highest BCUT2D eigenvalue weighted by atomic mass is 32.2. The first-order valence-corrected chi connectivity index (χ1v) is 8.46. The number of nitrogen functional groups attached to an aromatic ring is 1. The van der Waals surface area contributed by atoms with Gasteiger partial charge in [-0.3, -0.25) is 0 Å². The Morgan fingerprint density at radius 3 is 2.23 bits per heavy atom. The number of rotatable bonds is 2. The van der Waals surface area contributed by atoms with E-state index in [1.807, 2.05) is 26.0 Å².